The molecule has 6 nitrogen and oxygen atoms in total. The molecule has 1 heterocycles. The van der Waals surface area contributed by atoms with E-state index in [-0.39, 0.29) is 29.1 Å². The van der Waals surface area contributed by atoms with Crippen molar-refractivity contribution in [2.45, 2.75) is 31.8 Å². The summed E-state index contributed by atoms with van der Waals surface area (Å²) in [5.74, 6) is 3.31. The first-order valence-electron chi connectivity index (χ1n) is 9.47. The number of carbonyl (C=O) groups is 1. The molecule has 3 aliphatic rings. The first-order valence-corrected chi connectivity index (χ1v) is 9.47. The number of rotatable bonds is 5. The van der Waals surface area contributed by atoms with Crippen molar-refractivity contribution < 1.29 is 28.5 Å². The van der Waals surface area contributed by atoms with E-state index in [9.17, 15) is 4.79 Å². The van der Waals surface area contributed by atoms with Crippen LogP contribution in [0.5, 0.6) is 17.2 Å². The molecule has 1 saturated carbocycles. The average molecular weight is 386 g/mol. The molecule has 0 unspecified atom stereocenters. The molecule has 0 amide bonds. The smallest absolute Gasteiger partial charge is 0.223 e. The van der Waals surface area contributed by atoms with Crippen molar-refractivity contribution in [1.29, 1.82) is 0 Å². The van der Waals surface area contributed by atoms with Gasteiger partial charge in [0, 0.05) is 12.5 Å². The summed E-state index contributed by atoms with van der Waals surface area (Å²) in [5.41, 5.74) is 0.785. The van der Waals surface area contributed by atoms with Crippen LogP contribution in [0, 0.1) is 11.3 Å². The molecule has 0 aromatic heterocycles. The number of methoxy groups -OCH3 is 4. The molecule has 2 fully saturated rings. The van der Waals surface area contributed by atoms with Gasteiger partial charge in [-0.2, -0.15) is 0 Å². The van der Waals surface area contributed by atoms with Gasteiger partial charge in [-0.05, 0) is 42.0 Å². The highest BCUT2D eigenvalue weighted by atomic mass is 16.5. The lowest BCUT2D eigenvalue weighted by Gasteiger charge is -2.41. The van der Waals surface area contributed by atoms with Gasteiger partial charge in [0.2, 0.25) is 11.5 Å². The van der Waals surface area contributed by atoms with Crippen LogP contribution in [0.15, 0.2) is 35.8 Å². The van der Waals surface area contributed by atoms with E-state index in [1.807, 2.05) is 18.2 Å². The van der Waals surface area contributed by atoms with Crippen molar-refractivity contribution in [3.05, 3.63) is 41.4 Å². The Bertz CT molecular complexity index is 845. The maximum absolute atomic E-state index is 12.3. The van der Waals surface area contributed by atoms with Gasteiger partial charge >= 0.3 is 0 Å². The first kappa shape index (κ1) is 18.7. The number of ether oxygens (including phenoxy) is 5. The van der Waals surface area contributed by atoms with Gasteiger partial charge in [-0.3, -0.25) is 4.79 Å². The van der Waals surface area contributed by atoms with Gasteiger partial charge in [-0.15, -0.1) is 0 Å². The Morgan fingerprint density at radius 1 is 1.04 bits per heavy atom. The fourth-order valence-corrected chi connectivity index (χ4v) is 5.02. The number of benzene rings is 1. The number of ketones is 1. The second kappa shape index (κ2) is 6.76. The number of allylic oxidation sites excluding steroid dienone is 2. The first-order chi connectivity index (χ1) is 13.5. The van der Waals surface area contributed by atoms with Crippen LogP contribution in [0.4, 0.5) is 0 Å². The van der Waals surface area contributed by atoms with E-state index >= 15 is 0 Å². The zero-order valence-corrected chi connectivity index (χ0v) is 16.9. The molecule has 4 atom stereocenters. The topological polar surface area (TPSA) is 63.2 Å². The molecule has 1 aromatic carbocycles. The van der Waals surface area contributed by atoms with E-state index in [0.717, 1.165) is 24.2 Å². The molecular formula is C22H26O6. The fourth-order valence-electron chi connectivity index (χ4n) is 5.02. The van der Waals surface area contributed by atoms with E-state index in [1.54, 1.807) is 27.4 Å². The van der Waals surface area contributed by atoms with Crippen molar-refractivity contribution in [2.24, 2.45) is 11.3 Å². The van der Waals surface area contributed by atoms with Crippen LogP contribution < -0.4 is 14.2 Å². The van der Waals surface area contributed by atoms with Crippen LogP contribution in [0.1, 0.15) is 31.2 Å². The Labute approximate surface area is 165 Å². The third-order valence-corrected chi connectivity index (χ3v) is 6.48. The molecule has 0 radical (unpaired) electrons. The lowest BCUT2D eigenvalue weighted by atomic mass is 9.59. The predicted molar refractivity (Wildman–Crippen MR) is 103 cm³/mol. The van der Waals surface area contributed by atoms with Gasteiger partial charge in [0.1, 0.15) is 11.9 Å². The van der Waals surface area contributed by atoms with E-state index in [1.165, 1.54) is 7.11 Å². The highest BCUT2D eigenvalue weighted by molar-refractivity contribution is 6.04. The molecule has 4 rings (SSSR count). The Kier molecular flexibility index (Phi) is 4.52. The number of carbonyl (C=O) groups excluding carboxylic acids is 1. The quantitative estimate of drug-likeness (QED) is 0.770. The van der Waals surface area contributed by atoms with Crippen LogP contribution in [0.3, 0.4) is 0 Å². The maximum atomic E-state index is 12.3. The summed E-state index contributed by atoms with van der Waals surface area (Å²) in [4.78, 5) is 12.3. The zero-order valence-electron chi connectivity index (χ0n) is 16.9. The molecule has 1 spiro atoms. The van der Waals surface area contributed by atoms with Crippen molar-refractivity contribution in [3.8, 4) is 17.2 Å². The van der Waals surface area contributed by atoms with Crippen LogP contribution in [0.2, 0.25) is 0 Å². The zero-order chi connectivity index (χ0) is 20.1. The summed E-state index contributed by atoms with van der Waals surface area (Å²) in [6, 6.07) is 4.03. The van der Waals surface area contributed by atoms with Crippen molar-refractivity contribution >= 4 is 5.78 Å². The van der Waals surface area contributed by atoms with E-state index in [0.29, 0.717) is 23.0 Å². The van der Waals surface area contributed by atoms with Crippen LogP contribution >= 0.6 is 0 Å². The molecule has 6 heteroatoms. The van der Waals surface area contributed by atoms with E-state index < -0.39 is 0 Å². The maximum Gasteiger partial charge on any atom is 0.223 e. The summed E-state index contributed by atoms with van der Waals surface area (Å²) in [7, 11) is 6.39. The lowest BCUT2D eigenvalue weighted by Crippen LogP contribution is -2.37. The second-order valence-electron chi connectivity index (χ2n) is 7.66. The molecule has 150 valence electrons. The van der Waals surface area contributed by atoms with Crippen molar-refractivity contribution in [1.82, 2.24) is 0 Å². The second-order valence-corrected chi connectivity index (χ2v) is 7.66. The lowest BCUT2D eigenvalue weighted by molar-refractivity contribution is -0.114. The molecule has 0 N–H and O–H groups in total. The third-order valence-electron chi connectivity index (χ3n) is 6.48. The molecule has 28 heavy (non-hydrogen) atoms. The summed E-state index contributed by atoms with van der Waals surface area (Å²) < 4.78 is 28.1. The standard InChI is InChI=1S/C22H26O6/c1-12-15(13-6-17(24-2)21(27-5)18(7-13)25-3)8-14-10-22(12)11-19(26-4)16(23)9-20(22)28-14/h6-7,9,11-12,14-15H,8,10H2,1-5H3/t12-,14+,15+,22-/m1/s1. The van der Waals surface area contributed by atoms with Crippen LogP contribution in [0.25, 0.3) is 0 Å². The van der Waals surface area contributed by atoms with Gasteiger partial charge in [-0.1, -0.05) is 6.92 Å². The molecule has 2 aliphatic carbocycles. The predicted octanol–water partition coefficient (Wildman–Crippen LogP) is 3.61. The van der Waals surface area contributed by atoms with Crippen LogP contribution in [-0.2, 0) is 14.3 Å². The Morgan fingerprint density at radius 2 is 1.71 bits per heavy atom. The highest BCUT2D eigenvalue weighted by Gasteiger charge is 2.57. The summed E-state index contributed by atoms with van der Waals surface area (Å²) in [6.45, 7) is 2.21. The molecule has 1 aliphatic heterocycles. The van der Waals surface area contributed by atoms with Crippen molar-refractivity contribution in [3.63, 3.8) is 0 Å². The van der Waals surface area contributed by atoms with Gasteiger partial charge in [0.05, 0.1) is 33.9 Å². The van der Waals surface area contributed by atoms with Gasteiger partial charge < -0.3 is 23.7 Å². The van der Waals surface area contributed by atoms with Gasteiger partial charge in [-0.25, -0.2) is 0 Å². The molecule has 1 aromatic rings. The van der Waals surface area contributed by atoms with E-state index in [2.05, 4.69) is 6.92 Å². The number of hydrogen-bond acceptors (Lipinski definition) is 6. The minimum atomic E-state index is -0.326. The van der Waals surface area contributed by atoms with E-state index in [4.69, 9.17) is 23.7 Å². The molecular weight excluding hydrogens is 360 g/mol. The summed E-state index contributed by atoms with van der Waals surface area (Å²) >= 11 is 0. The number of hydrogen-bond donors (Lipinski definition) is 0. The third kappa shape index (κ3) is 2.58. The SMILES string of the molecule is COC1=C[C@]23C[C@H](C[C@H](c4cc(OC)c(OC)c(OC)c4)[C@H]2C)OC3=CC1=O. The monoisotopic (exact) mass is 386 g/mol. The van der Waals surface area contributed by atoms with Crippen LogP contribution in [-0.4, -0.2) is 40.3 Å². The minimum absolute atomic E-state index is 0.0618. The van der Waals surface area contributed by atoms with Gasteiger partial charge in [0.15, 0.2) is 17.3 Å². The summed E-state index contributed by atoms with van der Waals surface area (Å²) in [5, 5.41) is 0. The largest absolute Gasteiger partial charge is 0.494 e. The Morgan fingerprint density at radius 3 is 2.29 bits per heavy atom. The minimum Gasteiger partial charge on any atom is -0.494 e. The number of fused-ring (bicyclic) bond motifs is 1. The Balaban J connectivity index is 1.79. The molecule has 2 bridgehead atoms. The highest BCUT2D eigenvalue weighted by Crippen LogP contribution is 2.61. The molecule has 1 saturated heterocycles. The average Bonchev–Trinajstić information content (AvgIpc) is 3.02. The Hall–Kier alpha value is -2.63. The normalized spacial score (nSPS) is 30.6. The fraction of sp³-hybridized carbons (Fsp3) is 0.500. The van der Waals surface area contributed by atoms with Crippen molar-refractivity contribution in [2.75, 3.05) is 28.4 Å². The van der Waals surface area contributed by atoms with Gasteiger partial charge in [0.25, 0.3) is 0 Å². The summed E-state index contributed by atoms with van der Waals surface area (Å²) in [6.07, 6.45) is 5.36.